The highest BCUT2D eigenvalue weighted by Crippen LogP contribution is 2.13. The first-order valence-corrected chi connectivity index (χ1v) is 7.55. The molecule has 0 bridgehead atoms. The SMILES string of the molecule is CS(=O)(=O)CCNCc1ccc2cc[nH]c2c1. The topological polar surface area (TPSA) is 62.0 Å². The molecule has 0 atom stereocenters. The maximum atomic E-state index is 10.9. The molecule has 92 valence electrons. The van der Waals surface area contributed by atoms with Crippen molar-refractivity contribution in [3.05, 3.63) is 36.0 Å². The van der Waals surface area contributed by atoms with Gasteiger partial charge in [0.15, 0.2) is 0 Å². The van der Waals surface area contributed by atoms with Gasteiger partial charge in [-0.2, -0.15) is 0 Å². The third-order valence-corrected chi connectivity index (χ3v) is 3.54. The van der Waals surface area contributed by atoms with Gasteiger partial charge < -0.3 is 10.3 Å². The van der Waals surface area contributed by atoms with Crippen LogP contribution in [0.2, 0.25) is 0 Å². The van der Waals surface area contributed by atoms with Gasteiger partial charge in [-0.3, -0.25) is 0 Å². The summed E-state index contributed by atoms with van der Waals surface area (Å²) in [5.41, 5.74) is 2.25. The predicted octanol–water partition coefficient (Wildman–Crippen LogP) is 1.30. The number of rotatable bonds is 5. The van der Waals surface area contributed by atoms with Crippen LogP contribution in [0.4, 0.5) is 0 Å². The van der Waals surface area contributed by atoms with E-state index in [4.69, 9.17) is 0 Å². The molecule has 4 nitrogen and oxygen atoms in total. The molecule has 2 N–H and O–H groups in total. The molecule has 0 unspecified atom stereocenters. The van der Waals surface area contributed by atoms with E-state index in [1.807, 2.05) is 18.3 Å². The van der Waals surface area contributed by atoms with E-state index in [0.29, 0.717) is 13.1 Å². The van der Waals surface area contributed by atoms with Crippen LogP contribution >= 0.6 is 0 Å². The standard InChI is InChI=1S/C12H16N2O2S/c1-17(15,16)7-6-13-9-10-2-3-11-4-5-14-12(11)8-10/h2-5,8,13-14H,6-7,9H2,1H3. The van der Waals surface area contributed by atoms with Gasteiger partial charge in [-0.1, -0.05) is 12.1 Å². The molecule has 0 aliphatic carbocycles. The van der Waals surface area contributed by atoms with Crippen LogP contribution in [0.5, 0.6) is 0 Å². The van der Waals surface area contributed by atoms with Crippen molar-refractivity contribution < 1.29 is 8.42 Å². The lowest BCUT2D eigenvalue weighted by molar-refractivity contribution is 0.596. The summed E-state index contributed by atoms with van der Waals surface area (Å²) in [7, 11) is -2.87. The Kier molecular flexibility index (Phi) is 3.49. The van der Waals surface area contributed by atoms with Gasteiger partial charge in [-0.05, 0) is 23.1 Å². The monoisotopic (exact) mass is 252 g/mol. The predicted molar refractivity (Wildman–Crippen MR) is 69.7 cm³/mol. The summed E-state index contributed by atoms with van der Waals surface area (Å²) in [5.74, 6) is 0.178. The molecule has 2 rings (SSSR count). The molecule has 0 spiro atoms. The fourth-order valence-electron chi connectivity index (χ4n) is 1.70. The second-order valence-corrected chi connectivity index (χ2v) is 6.47. The average Bonchev–Trinajstić information content (AvgIpc) is 2.70. The van der Waals surface area contributed by atoms with Gasteiger partial charge in [0.05, 0.1) is 5.75 Å². The van der Waals surface area contributed by atoms with E-state index in [1.54, 1.807) is 0 Å². The number of hydrogen-bond donors (Lipinski definition) is 2. The lowest BCUT2D eigenvalue weighted by atomic mass is 10.1. The van der Waals surface area contributed by atoms with Gasteiger partial charge in [0.2, 0.25) is 0 Å². The number of aromatic nitrogens is 1. The van der Waals surface area contributed by atoms with Crippen LogP contribution in [-0.4, -0.2) is 32.0 Å². The second-order valence-electron chi connectivity index (χ2n) is 4.21. The quantitative estimate of drug-likeness (QED) is 0.789. The van der Waals surface area contributed by atoms with E-state index in [0.717, 1.165) is 11.1 Å². The Morgan fingerprint density at radius 3 is 2.88 bits per heavy atom. The van der Waals surface area contributed by atoms with Crippen molar-refractivity contribution in [3.8, 4) is 0 Å². The third-order valence-electron chi connectivity index (χ3n) is 2.60. The molecule has 0 aliphatic rings. The van der Waals surface area contributed by atoms with Crippen LogP contribution in [0, 0.1) is 0 Å². The Morgan fingerprint density at radius 1 is 1.29 bits per heavy atom. The van der Waals surface area contributed by atoms with Crippen molar-refractivity contribution in [1.82, 2.24) is 10.3 Å². The van der Waals surface area contributed by atoms with Crippen LogP contribution in [0.3, 0.4) is 0 Å². The molecule has 0 amide bonds. The van der Waals surface area contributed by atoms with E-state index in [1.165, 1.54) is 11.6 Å². The van der Waals surface area contributed by atoms with E-state index in [-0.39, 0.29) is 5.75 Å². The first-order chi connectivity index (χ1) is 8.04. The van der Waals surface area contributed by atoms with Crippen molar-refractivity contribution in [2.45, 2.75) is 6.54 Å². The summed E-state index contributed by atoms with van der Waals surface area (Å²) >= 11 is 0. The van der Waals surface area contributed by atoms with Crippen LogP contribution in [0.25, 0.3) is 10.9 Å². The lowest BCUT2D eigenvalue weighted by Gasteiger charge is -2.04. The minimum absolute atomic E-state index is 0.178. The summed E-state index contributed by atoms with van der Waals surface area (Å²) in [6, 6.07) is 8.20. The Balaban J connectivity index is 1.90. The number of benzene rings is 1. The van der Waals surface area contributed by atoms with E-state index >= 15 is 0 Å². The molecule has 0 fully saturated rings. The summed E-state index contributed by atoms with van der Waals surface area (Å²) < 4.78 is 21.9. The van der Waals surface area contributed by atoms with Crippen LogP contribution in [0.15, 0.2) is 30.5 Å². The first-order valence-electron chi connectivity index (χ1n) is 5.49. The summed E-state index contributed by atoms with van der Waals surface area (Å²) in [4.78, 5) is 3.15. The van der Waals surface area contributed by atoms with E-state index in [2.05, 4.69) is 22.4 Å². The Bertz CT molecular complexity index is 602. The maximum Gasteiger partial charge on any atom is 0.148 e. The molecular weight excluding hydrogens is 236 g/mol. The summed E-state index contributed by atoms with van der Waals surface area (Å²) in [5, 5.41) is 4.31. The van der Waals surface area contributed by atoms with Gasteiger partial charge in [0, 0.05) is 31.1 Å². The Hall–Kier alpha value is -1.33. The molecular formula is C12H16N2O2S. The maximum absolute atomic E-state index is 10.9. The second kappa shape index (κ2) is 4.89. The largest absolute Gasteiger partial charge is 0.361 e. The van der Waals surface area contributed by atoms with Gasteiger partial charge >= 0.3 is 0 Å². The van der Waals surface area contributed by atoms with Gasteiger partial charge in [-0.25, -0.2) is 8.42 Å². The van der Waals surface area contributed by atoms with Crippen molar-refractivity contribution in [3.63, 3.8) is 0 Å². The lowest BCUT2D eigenvalue weighted by Crippen LogP contribution is -2.21. The molecule has 0 saturated carbocycles. The van der Waals surface area contributed by atoms with Crippen molar-refractivity contribution in [2.75, 3.05) is 18.6 Å². The average molecular weight is 252 g/mol. The number of fused-ring (bicyclic) bond motifs is 1. The fourth-order valence-corrected chi connectivity index (χ4v) is 2.21. The number of aromatic amines is 1. The molecule has 0 aliphatic heterocycles. The smallest absolute Gasteiger partial charge is 0.148 e. The zero-order valence-corrected chi connectivity index (χ0v) is 10.5. The molecule has 0 radical (unpaired) electrons. The summed E-state index contributed by atoms with van der Waals surface area (Å²) in [6.07, 6.45) is 3.16. The zero-order chi connectivity index (χ0) is 12.3. The van der Waals surface area contributed by atoms with Crippen molar-refractivity contribution in [2.24, 2.45) is 0 Å². The van der Waals surface area contributed by atoms with E-state index < -0.39 is 9.84 Å². The number of hydrogen-bond acceptors (Lipinski definition) is 3. The highest BCUT2D eigenvalue weighted by molar-refractivity contribution is 7.90. The Morgan fingerprint density at radius 2 is 2.12 bits per heavy atom. The fraction of sp³-hybridized carbons (Fsp3) is 0.333. The zero-order valence-electron chi connectivity index (χ0n) is 9.73. The summed E-state index contributed by atoms with van der Waals surface area (Å²) in [6.45, 7) is 1.17. The van der Waals surface area contributed by atoms with Gasteiger partial charge in [0.25, 0.3) is 0 Å². The molecule has 17 heavy (non-hydrogen) atoms. The highest BCUT2D eigenvalue weighted by atomic mass is 32.2. The van der Waals surface area contributed by atoms with Crippen molar-refractivity contribution >= 4 is 20.7 Å². The Labute approximate surface area is 101 Å². The van der Waals surface area contributed by atoms with Gasteiger partial charge in [0.1, 0.15) is 9.84 Å². The molecule has 0 saturated heterocycles. The molecule has 1 aromatic heterocycles. The van der Waals surface area contributed by atoms with E-state index in [9.17, 15) is 8.42 Å². The van der Waals surface area contributed by atoms with Crippen LogP contribution in [0.1, 0.15) is 5.56 Å². The molecule has 5 heteroatoms. The van der Waals surface area contributed by atoms with Gasteiger partial charge in [-0.15, -0.1) is 0 Å². The van der Waals surface area contributed by atoms with Crippen LogP contribution < -0.4 is 5.32 Å². The minimum atomic E-state index is -2.87. The first kappa shape index (κ1) is 12.1. The number of H-pyrrole nitrogens is 1. The van der Waals surface area contributed by atoms with Crippen LogP contribution in [-0.2, 0) is 16.4 Å². The minimum Gasteiger partial charge on any atom is -0.361 e. The normalized spacial score (nSPS) is 12.1. The third kappa shape index (κ3) is 3.57. The molecule has 1 aromatic carbocycles. The van der Waals surface area contributed by atoms with Crippen molar-refractivity contribution in [1.29, 1.82) is 0 Å². The molecule has 1 heterocycles. The highest BCUT2D eigenvalue weighted by Gasteiger charge is 2.01. The molecule has 2 aromatic rings. The number of sulfone groups is 1. The number of nitrogens with one attached hydrogen (secondary N) is 2.